The fourth-order valence-electron chi connectivity index (χ4n) is 2.79. The van der Waals surface area contributed by atoms with Gasteiger partial charge in [0.1, 0.15) is 17.2 Å². The van der Waals surface area contributed by atoms with Gasteiger partial charge in [0.15, 0.2) is 0 Å². The number of carbonyl (C=O) groups is 1. The molecule has 1 unspecified atom stereocenters. The number of halogens is 2. The standard InChI is InChI=1S/C16H22F2N2O/c1-3-9-20(12-5-4-8-19-10-12)16(21)14-13(17)7-6-11(2)15(14)18/h6-7,12,19H,3-5,8-10H2,1-2H3. The third-order valence-electron chi connectivity index (χ3n) is 3.94. The number of hydrogen-bond donors (Lipinski definition) is 1. The molecule has 0 saturated carbocycles. The smallest absolute Gasteiger partial charge is 0.260 e. The Kier molecular flexibility index (Phi) is 5.28. The summed E-state index contributed by atoms with van der Waals surface area (Å²) < 4.78 is 28.1. The van der Waals surface area contributed by atoms with Gasteiger partial charge in [0.2, 0.25) is 0 Å². The molecule has 1 fully saturated rings. The molecule has 0 aliphatic carbocycles. The van der Waals surface area contributed by atoms with Gasteiger partial charge >= 0.3 is 0 Å². The van der Waals surface area contributed by atoms with Crippen molar-refractivity contribution in [2.75, 3.05) is 19.6 Å². The first-order chi connectivity index (χ1) is 10.1. The van der Waals surface area contributed by atoms with E-state index in [0.717, 1.165) is 31.9 Å². The molecule has 1 aliphatic rings. The third-order valence-corrected chi connectivity index (χ3v) is 3.94. The fourth-order valence-corrected chi connectivity index (χ4v) is 2.79. The maximum atomic E-state index is 14.2. The number of piperidine rings is 1. The largest absolute Gasteiger partial charge is 0.334 e. The van der Waals surface area contributed by atoms with Crippen molar-refractivity contribution in [2.24, 2.45) is 0 Å². The molecule has 1 aromatic rings. The van der Waals surface area contributed by atoms with Crippen LogP contribution in [0.3, 0.4) is 0 Å². The second kappa shape index (κ2) is 6.98. The highest BCUT2D eigenvalue weighted by Gasteiger charge is 2.29. The molecule has 1 aliphatic heterocycles. The minimum atomic E-state index is -0.784. The van der Waals surface area contributed by atoms with Crippen LogP contribution in [0.4, 0.5) is 8.78 Å². The Morgan fingerprint density at radius 1 is 1.43 bits per heavy atom. The highest BCUT2D eigenvalue weighted by Crippen LogP contribution is 2.21. The first-order valence-corrected chi connectivity index (χ1v) is 7.52. The maximum Gasteiger partial charge on any atom is 0.260 e. The predicted octanol–water partition coefficient (Wildman–Crippen LogP) is 2.88. The van der Waals surface area contributed by atoms with Crippen LogP contribution in [0.5, 0.6) is 0 Å². The SMILES string of the molecule is CCCN(C(=O)c1c(F)ccc(C)c1F)C1CCCNC1. The number of carbonyl (C=O) groups excluding carboxylic acids is 1. The lowest BCUT2D eigenvalue weighted by atomic mass is 10.0. The van der Waals surface area contributed by atoms with E-state index in [0.29, 0.717) is 13.1 Å². The lowest BCUT2D eigenvalue weighted by molar-refractivity contribution is 0.0638. The monoisotopic (exact) mass is 296 g/mol. The Morgan fingerprint density at radius 3 is 2.81 bits per heavy atom. The number of nitrogens with zero attached hydrogens (tertiary/aromatic N) is 1. The topological polar surface area (TPSA) is 32.3 Å². The van der Waals surface area contributed by atoms with Crippen LogP contribution >= 0.6 is 0 Å². The summed E-state index contributed by atoms with van der Waals surface area (Å²) >= 11 is 0. The summed E-state index contributed by atoms with van der Waals surface area (Å²) in [7, 11) is 0. The van der Waals surface area contributed by atoms with Crippen molar-refractivity contribution in [3.63, 3.8) is 0 Å². The molecule has 1 saturated heterocycles. The van der Waals surface area contributed by atoms with Crippen LogP contribution in [0.2, 0.25) is 0 Å². The molecule has 1 amide bonds. The first-order valence-electron chi connectivity index (χ1n) is 7.52. The summed E-state index contributed by atoms with van der Waals surface area (Å²) in [6.07, 6.45) is 2.60. The zero-order chi connectivity index (χ0) is 15.4. The van der Waals surface area contributed by atoms with Crippen LogP contribution in [-0.4, -0.2) is 36.5 Å². The Hall–Kier alpha value is -1.49. The number of aryl methyl sites for hydroxylation is 1. The van der Waals surface area contributed by atoms with Crippen molar-refractivity contribution in [1.82, 2.24) is 10.2 Å². The maximum absolute atomic E-state index is 14.2. The zero-order valence-corrected chi connectivity index (χ0v) is 12.6. The van der Waals surface area contributed by atoms with Crippen LogP contribution in [0.1, 0.15) is 42.1 Å². The van der Waals surface area contributed by atoms with Gasteiger partial charge in [-0.15, -0.1) is 0 Å². The van der Waals surface area contributed by atoms with E-state index in [9.17, 15) is 13.6 Å². The highest BCUT2D eigenvalue weighted by atomic mass is 19.1. The number of benzene rings is 1. The molecule has 5 heteroatoms. The van der Waals surface area contributed by atoms with E-state index in [2.05, 4.69) is 5.32 Å². The highest BCUT2D eigenvalue weighted by molar-refractivity contribution is 5.95. The third kappa shape index (κ3) is 3.40. The van der Waals surface area contributed by atoms with E-state index in [4.69, 9.17) is 0 Å². The second-order valence-corrected chi connectivity index (χ2v) is 5.55. The Labute approximate surface area is 124 Å². The van der Waals surface area contributed by atoms with Crippen LogP contribution < -0.4 is 5.32 Å². The van der Waals surface area contributed by atoms with E-state index in [-0.39, 0.29) is 11.6 Å². The predicted molar refractivity (Wildman–Crippen MR) is 78.3 cm³/mol. The van der Waals surface area contributed by atoms with Gasteiger partial charge in [0.25, 0.3) is 5.91 Å². The van der Waals surface area contributed by atoms with E-state index in [1.165, 1.54) is 13.0 Å². The molecular weight excluding hydrogens is 274 g/mol. The second-order valence-electron chi connectivity index (χ2n) is 5.55. The molecule has 1 N–H and O–H groups in total. The van der Waals surface area contributed by atoms with Gasteiger partial charge in [-0.05, 0) is 44.4 Å². The Balaban J connectivity index is 2.32. The molecule has 0 bridgehead atoms. The average molecular weight is 296 g/mol. The number of rotatable bonds is 4. The summed E-state index contributed by atoms with van der Waals surface area (Å²) in [5.74, 6) is -2.07. The molecule has 0 spiro atoms. The molecule has 0 radical (unpaired) electrons. The molecular formula is C16H22F2N2O. The number of hydrogen-bond acceptors (Lipinski definition) is 2. The van der Waals surface area contributed by atoms with Gasteiger partial charge in [-0.3, -0.25) is 4.79 Å². The van der Waals surface area contributed by atoms with Gasteiger partial charge in [-0.25, -0.2) is 8.78 Å². The summed E-state index contributed by atoms with van der Waals surface area (Å²) in [4.78, 5) is 14.3. The minimum absolute atomic E-state index is 0.00510. The van der Waals surface area contributed by atoms with Gasteiger partial charge in [-0.1, -0.05) is 13.0 Å². The van der Waals surface area contributed by atoms with E-state index < -0.39 is 23.1 Å². The summed E-state index contributed by atoms with van der Waals surface area (Å²) in [6.45, 7) is 5.62. The van der Waals surface area contributed by atoms with Crippen LogP contribution in [0, 0.1) is 18.6 Å². The fraction of sp³-hybridized carbons (Fsp3) is 0.562. The normalized spacial score (nSPS) is 18.6. The quantitative estimate of drug-likeness (QED) is 0.926. The van der Waals surface area contributed by atoms with Gasteiger partial charge in [0, 0.05) is 19.1 Å². The Morgan fingerprint density at radius 2 is 2.19 bits per heavy atom. The van der Waals surface area contributed by atoms with Crippen molar-refractivity contribution in [1.29, 1.82) is 0 Å². The number of nitrogens with one attached hydrogen (secondary N) is 1. The van der Waals surface area contributed by atoms with E-state index in [1.54, 1.807) is 4.90 Å². The summed E-state index contributed by atoms with van der Waals surface area (Å²) in [5.41, 5.74) is -0.132. The van der Waals surface area contributed by atoms with E-state index >= 15 is 0 Å². The van der Waals surface area contributed by atoms with Gasteiger partial charge in [0.05, 0.1) is 0 Å². The van der Waals surface area contributed by atoms with Crippen molar-refractivity contribution >= 4 is 5.91 Å². The van der Waals surface area contributed by atoms with Crippen molar-refractivity contribution in [3.05, 3.63) is 34.9 Å². The molecule has 3 nitrogen and oxygen atoms in total. The van der Waals surface area contributed by atoms with Crippen LogP contribution in [-0.2, 0) is 0 Å². The Bertz CT molecular complexity index is 513. The molecule has 1 heterocycles. The molecule has 0 aromatic heterocycles. The minimum Gasteiger partial charge on any atom is -0.334 e. The molecule has 21 heavy (non-hydrogen) atoms. The van der Waals surface area contributed by atoms with Crippen LogP contribution in [0.15, 0.2) is 12.1 Å². The molecule has 1 aromatic carbocycles. The molecule has 116 valence electrons. The van der Waals surface area contributed by atoms with Crippen molar-refractivity contribution in [3.8, 4) is 0 Å². The average Bonchev–Trinajstić information content (AvgIpc) is 2.49. The summed E-state index contributed by atoms with van der Waals surface area (Å²) in [6, 6.07) is 2.52. The lowest BCUT2D eigenvalue weighted by Crippen LogP contribution is -2.49. The van der Waals surface area contributed by atoms with Gasteiger partial charge in [-0.2, -0.15) is 0 Å². The lowest BCUT2D eigenvalue weighted by Gasteiger charge is -2.34. The molecule has 1 atom stereocenters. The van der Waals surface area contributed by atoms with Crippen LogP contribution in [0.25, 0.3) is 0 Å². The van der Waals surface area contributed by atoms with Crippen molar-refractivity contribution in [2.45, 2.75) is 39.2 Å². The summed E-state index contributed by atoms with van der Waals surface area (Å²) in [5, 5.41) is 3.24. The first kappa shape index (κ1) is 15.9. The van der Waals surface area contributed by atoms with Gasteiger partial charge < -0.3 is 10.2 Å². The zero-order valence-electron chi connectivity index (χ0n) is 12.6. The van der Waals surface area contributed by atoms with Crippen molar-refractivity contribution < 1.29 is 13.6 Å². The number of amides is 1. The van der Waals surface area contributed by atoms with E-state index in [1.807, 2.05) is 6.92 Å². The molecule has 2 rings (SSSR count).